The molecular formula is C52H44IrN7-3. The molecule has 0 atom stereocenters. The summed E-state index contributed by atoms with van der Waals surface area (Å²) in [7, 11) is 4.10. The van der Waals surface area contributed by atoms with E-state index in [4.69, 9.17) is 0 Å². The molecule has 0 bridgehead atoms. The van der Waals surface area contributed by atoms with Crippen LogP contribution in [0.15, 0.2) is 97.4 Å². The fourth-order valence-electron chi connectivity index (χ4n) is 8.97. The van der Waals surface area contributed by atoms with E-state index in [0.717, 1.165) is 48.4 Å². The molecule has 1 radical (unpaired) electrons. The minimum atomic E-state index is 0. The summed E-state index contributed by atoms with van der Waals surface area (Å²) in [5.74, 6) is 0. The Hall–Kier alpha value is -6.21. The van der Waals surface area contributed by atoms with E-state index < -0.39 is 0 Å². The minimum absolute atomic E-state index is 0. The van der Waals surface area contributed by atoms with Crippen LogP contribution in [0.4, 0.5) is 0 Å². The number of allylic oxidation sites excluding steroid dienone is 6. The second kappa shape index (κ2) is 15.8. The fraction of sp³-hybridized carbons (Fsp3) is 0.192. The Bertz CT molecular complexity index is 2920. The number of benzene rings is 4. The van der Waals surface area contributed by atoms with Crippen LogP contribution in [-0.2, 0) is 47.0 Å². The zero-order valence-corrected chi connectivity index (χ0v) is 37.1. The van der Waals surface area contributed by atoms with Gasteiger partial charge in [0, 0.05) is 61.0 Å². The zero-order valence-electron chi connectivity index (χ0n) is 34.7. The van der Waals surface area contributed by atoms with Crippen molar-refractivity contribution in [3.8, 4) is 22.8 Å². The van der Waals surface area contributed by atoms with E-state index >= 15 is 0 Å². The molecule has 0 aliphatic heterocycles. The van der Waals surface area contributed by atoms with Crippen molar-refractivity contribution in [2.45, 2.75) is 53.4 Å². The summed E-state index contributed by atoms with van der Waals surface area (Å²) in [6.07, 6.45) is 28.2. The third-order valence-corrected chi connectivity index (χ3v) is 12.5. The van der Waals surface area contributed by atoms with Gasteiger partial charge in [0.25, 0.3) is 0 Å². The first kappa shape index (κ1) is 39.3. The molecule has 0 amide bonds. The van der Waals surface area contributed by atoms with Gasteiger partial charge in [-0.3, -0.25) is 4.98 Å². The van der Waals surface area contributed by atoms with E-state index in [-0.39, 0.29) is 20.1 Å². The topological polar surface area (TPSA) is 57.5 Å². The molecule has 0 N–H and O–H groups in total. The molecule has 0 spiro atoms. The second-order valence-electron chi connectivity index (χ2n) is 15.8. The summed E-state index contributed by atoms with van der Waals surface area (Å²) in [6, 6.07) is 28.0. The minimum Gasteiger partial charge on any atom is -0.574 e. The number of pyridine rings is 1. The van der Waals surface area contributed by atoms with Gasteiger partial charge in [0.1, 0.15) is 0 Å². The van der Waals surface area contributed by atoms with Crippen LogP contribution in [0, 0.1) is 52.5 Å². The maximum absolute atomic E-state index is 4.12. The fourth-order valence-corrected chi connectivity index (χ4v) is 8.97. The van der Waals surface area contributed by atoms with E-state index in [1.165, 1.54) is 88.8 Å². The first-order valence-electron chi connectivity index (χ1n) is 20.3. The Morgan fingerprint density at radius 3 is 1.60 bits per heavy atom. The van der Waals surface area contributed by atoms with Crippen LogP contribution in [0.1, 0.15) is 69.0 Å². The van der Waals surface area contributed by atoms with Gasteiger partial charge in [-0.25, -0.2) is 0 Å². The van der Waals surface area contributed by atoms with Crippen molar-refractivity contribution in [1.29, 1.82) is 0 Å². The Kier molecular flexibility index (Phi) is 10.3. The van der Waals surface area contributed by atoms with Crippen LogP contribution in [-0.4, -0.2) is 19.2 Å². The predicted molar refractivity (Wildman–Crippen MR) is 235 cm³/mol. The normalized spacial score (nSPS) is 13.8. The first-order chi connectivity index (χ1) is 28.8. The van der Waals surface area contributed by atoms with Crippen LogP contribution < -0.4 is 14.2 Å². The number of nitrogens with zero attached hydrogens (tertiary/aromatic N) is 7. The van der Waals surface area contributed by atoms with Crippen LogP contribution in [0.3, 0.4) is 0 Å². The Labute approximate surface area is 365 Å². The summed E-state index contributed by atoms with van der Waals surface area (Å²) in [6.45, 7) is 8.57. The van der Waals surface area contributed by atoms with Gasteiger partial charge in [0.15, 0.2) is 0 Å². The molecule has 7 nitrogen and oxygen atoms in total. The molecule has 8 aromatic rings. The average Bonchev–Trinajstić information content (AvgIpc) is 3.98. The van der Waals surface area contributed by atoms with Crippen molar-refractivity contribution in [3.05, 3.63) is 178 Å². The van der Waals surface area contributed by atoms with Crippen molar-refractivity contribution in [1.82, 2.24) is 24.3 Å². The molecule has 4 aromatic heterocycles. The van der Waals surface area contributed by atoms with Gasteiger partial charge in [-0.1, -0.05) is 90.6 Å². The molecule has 60 heavy (non-hydrogen) atoms. The zero-order chi connectivity index (χ0) is 40.4. The monoisotopic (exact) mass is 959 g/mol. The van der Waals surface area contributed by atoms with Gasteiger partial charge in [-0.2, -0.15) is 24.3 Å². The number of hydrogen-bond donors (Lipinski definition) is 0. The first-order valence-corrected chi connectivity index (χ1v) is 20.3. The van der Waals surface area contributed by atoms with E-state index in [1.807, 2.05) is 38.4 Å². The standard InChI is InChI=1S/2C22H19N2.C8H6N3.Ir/c2*1-14-15(2)24(13-23(14)3)20-12-10-18-8-7-16-5-4-6-17-9-11-19(20)22(18)21(16)17;1-2-5-9-7(3-1)8-4-6-10-11-8;/h2*4,6-7,9-11H,5,8H2,1-3H3;1-6H;/q3*-1;. The number of rotatable bonds is 3. The molecule has 4 aliphatic rings. The number of aromatic nitrogens is 7. The molecule has 4 aliphatic carbocycles. The molecule has 4 heterocycles. The van der Waals surface area contributed by atoms with Gasteiger partial charge in [0.2, 0.25) is 12.7 Å². The second-order valence-corrected chi connectivity index (χ2v) is 15.8. The maximum atomic E-state index is 4.12. The third kappa shape index (κ3) is 6.55. The smallest absolute Gasteiger partial charge is 0.241 e. The van der Waals surface area contributed by atoms with Crippen LogP contribution in [0.2, 0.25) is 0 Å². The Morgan fingerprint density at radius 1 is 0.633 bits per heavy atom. The van der Waals surface area contributed by atoms with Crippen molar-refractivity contribution >= 4 is 44.8 Å². The number of aryl methyl sites for hydroxylation is 2. The van der Waals surface area contributed by atoms with Gasteiger partial charge < -0.3 is 28.5 Å². The predicted octanol–water partition coefficient (Wildman–Crippen LogP) is 9.16. The number of imidazole rings is 2. The quantitative estimate of drug-likeness (QED) is 0.131. The van der Waals surface area contributed by atoms with Gasteiger partial charge in [0.05, 0.1) is 14.1 Å². The Balaban J connectivity index is 0.000000122. The van der Waals surface area contributed by atoms with E-state index in [2.05, 4.69) is 159 Å². The molecule has 0 saturated carbocycles. The van der Waals surface area contributed by atoms with Crippen molar-refractivity contribution in [3.63, 3.8) is 0 Å². The molecule has 12 rings (SSSR count). The molecule has 0 saturated heterocycles. The number of hydrogen-bond acceptors (Lipinski definition) is 2. The van der Waals surface area contributed by atoms with Gasteiger partial charge >= 0.3 is 0 Å². The summed E-state index contributed by atoms with van der Waals surface area (Å²) in [5.41, 5.74) is 20.0. The average molecular weight is 959 g/mol. The van der Waals surface area contributed by atoms with Gasteiger partial charge in [-0.05, 0) is 86.1 Å². The van der Waals surface area contributed by atoms with Crippen molar-refractivity contribution < 1.29 is 29.2 Å². The Morgan fingerprint density at radius 2 is 1.17 bits per heavy atom. The maximum Gasteiger partial charge on any atom is 0.241 e. The third-order valence-electron chi connectivity index (χ3n) is 12.5. The summed E-state index contributed by atoms with van der Waals surface area (Å²) >= 11 is 0. The van der Waals surface area contributed by atoms with Crippen LogP contribution in [0.25, 0.3) is 67.6 Å². The summed E-state index contributed by atoms with van der Waals surface area (Å²) in [5, 5.41) is 13.0. The van der Waals surface area contributed by atoms with E-state index in [1.54, 1.807) is 12.4 Å². The summed E-state index contributed by atoms with van der Waals surface area (Å²) in [4.78, 5) is 4.12. The van der Waals surface area contributed by atoms with Crippen LogP contribution in [0.5, 0.6) is 0 Å². The van der Waals surface area contributed by atoms with Gasteiger partial charge in [-0.15, -0.1) is 44.8 Å². The molecule has 4 aromatic carbocycles. The molecule has 299 valence electrons. The SMILES string of the molecule is Cc1c(C)[n+](C)[c-]n1-c1[c-]cc2c3c4c(ccc13)C=CCC4=CC2.Cc1c(C)[n+](C)[c-]n1-c1[c-]cc2c3c4c(ccc13)C=CCC4=CC2.[Ir].c1ccc(-c2ccn[n-]2)nc1. The molecule has 0 unspecified atom stereocenters. The molecule has 8 heteroatoms. The van der Waals surface area contributed by atoms with E-state index in [0.29, 0.717) is 0 Å². The molecule has 0 fully saturated rings. The van der Waals surface area contributed by atoms with Crippen molar-refractivity contribution in [2.24, 2.45) is 14.1 Å². The van der Waals surface area contributed by atoms with Crippen LogP contribution >= 0.6 is 0 Å². The van der Waals surface area contributed by atoms with Crippen molar-refractivity contribution in [2.75, 3.05) is 0 Å². The summed E-state index contributed by atoms with van der Waals surface area (Å²) < 4.78 is 8.41. The molecular weight excluding hydrogens is 915 g/mol. The largest absolute Gasteiger partial charge is 0.574 e. The van der Waals surface area contributed by atoms with E-state index in [9.17, 15) is 0 Å².